The Labute approximate surface area is 237 Å². The molecule has 38 heavy (non-hydrogen) atoms. The first-order valence-electron chi connectivity index (χ1n) is 11.5. The lowest BCUT2D eigenvalue weighted by Gasteiger charge is -2.30. The maximum absolute atomic E-state index is 14.1. The molecule has 0 saturated carbocycles. The van der Waals surface area contributed by atoms with E-state index in [9.17, 15) is 14.4 Å². The van der Waals surface area contributed by atoms with Crippen molar-refractivity contribution in [2.24, 2.45) is 11.8 Å². The summed E-state index contributed by atoms with van der Waals surface area (Å²) in [7, 11) is 0. The predicted molar refractivity (Wildman–Crippen MR) is 146 cm³/mol. The van der Waals surface area contributed by atoms with Crippen LogP contribution in [0.3, 0.4) is 0 Å². The largest absolute Gasteiger partial charge is 0.323 e. The van der Waals surface area contributed by atoms with Crippen molar-refractivity contribution in [3.05, 3.63) is 97.2 Å². The molecule has 2 saturated heterocycles. The molecule has 0 aromatic heterocycles. The monoisotopic (exact) mass is 584 g/mol. The van der Waals surface area contributed by atoms with Crippen molar-refractivity contribution in [1.29, 1.82) is 0 Å². The molecule has 0 bridgehead atoms. The molecular weight excluding hydrogens is 570 g/mol. The third-order valence-electron chi connectivity index (χ3n) is 7.40. The van der Waals surface area contributed by atoms with Crippen molar-refractivity contribution in [2.45, 2.75) is 18.0 Å². The fourth-order valence-electron chi connectivity index (χ4n) is 5.95. The average molecular weight is 586 g/mol. The number of imide groups is 1. The van der Waals surface area contributed by atoms with Crippen molar-refractivity contribution in [3.8, 4) is 0 Å². The molecule has 3 aromatic rings. The van der Waals surface area contributed by atoms with E-state index >= 15 is 0 Å². The number of halogens is 4. The van der Waals surface area contributed by atoms with E-state index < -0.39 is 41.1 Å². The molecular formula is C27H16Cl4N4O3. The highest BCUT2D eigenvalue weighted by Crippen LogP contribution is 2.55. The van der Waals surface area contributed by atoms with Crippen molar-refractivity contribution in [3.63, 3.8) is 0 Å². The van der Waals surface area contributed by atoms with Gasteiger partial charge in [-0.05, 0) is 42.3 Å². The van der Waals surface area contributed by atoms with Crippen LogP contribution in [0.15, 0.2) is 54.6 Å². The summed E-state index contributed by atoms with van der Waals surface area (Å²) < 4.78 is 0. The van der Waals surface area contributed by atoms with Gasteiger partial charge >= 0.3 is 0 Å². The smallest absolute Gasteiger partial charge is 0.250 e. The van der Waals surface area contributed by atoms with Gasteiger partial charge < -0.3 is 5.32 Å². The summed E-state index contributed by atoms with van der Waals surface area (Å²) in [5.41, 5.74) is 0.426. The predicted octanol–water partition coefficient (Wildman–Crippen LogP) is 6.02. The highest BCUT2D eigenvalue weighted by atomic mass is 35.5. The molecule has 6 rings (SSSR count). The number of nitrogens with one attached hydrogen (secondary N) is 2. The molecule has 190 valence electrons. The topological polar surface area (TPSA) is 82.9 Å². The van der Waals surface area contributed by atoms with Crippen LogP contribution < -0.4 is 15.5 Å². The summed E-state index contributed by atoms with van der Waals surface area (Å²) >= 11 is 25.1. The van der Waals surface area contributed by atoms with Gasteiger partial charge in [0.2, 0.25) is 17.7 Å². The Morgan fingerprint density at radius 2 is 1.61 bits per heavy atom. The summed E-state index contributed by atoms with van der Waals surface area (Å²) in [5, 5.41) is 7.12. The lowest BCUT2D eigenvalue weighted by atomic mass is 9.76. The standard InChI is InChI=1S/C27H16Cl4N4O3/c1-32-19-5-3-2-4-12(19)6-20-21-22(25(37)35(24(21)36)16-8-13(28)7-14(29)9-16)27(34-20)17-10-15(30)11-18(31)23(17)33-26(27)38/h2-5,7-11,20-22,34H,6H2,(H,33,38). The van der Waals surface area contributed by atoms with E-state index in [-0.39, 0.29) is 32.2 Å². The first kappa shape index (κ1) is 25.2. The van der Waals surface area contributed by atoms with Gasteiger partial charge in [-0.2, -0.15) is 0 Å². The molecule has 4 atom stereocenters. The number of para-hydroxylation sites is 1. The minimum absolute atomic E-state index is 0.213. The number of nitrogens with zero attached hydrogens (tertiary/aromatic N) is 2. The van der Waals surface area contributed by atoms with Crippen LogP contribution in [0.2, 0.25) is 20.1 Å². The molecule has 7 nitrogen and oxygen atoms in total. The highest BCUT2D eigenvalue weighted by Gasteiger charge is 2.70. The van der Waals surface area contributed by atoms with Crippen LogP contribution in [-0.4, -0.2) is 23.8 Å². The third-order valence-corrected chi connectivity index (χ3v) is 8.35. The summed E-state index contributed by atoms with van der Waals surface area (Å²) in [4.78, 5) is 46.5. The molecule has 2 N–H and O–H groups in total. The zero-order valence-electron chi connectivity index (χ0n) is 19.3. The Bertz CT molecular complexity index is 1600. The molecule has 11 heteroatoms. The number of hydrogen-bond donors (Lipinski definition) is 2. The van der Waals surface area contributed by atoms with Gasteiger partial charge in [0.1, 0.15) is 5.54 Å². The minimum Gasteiger partial charge on any atom is -0.323 e. The van der Waals surface area contributed by atoms with Crippen molar-refractivity contribution in [1.82, 2.24) is 5.32 Å². The van der Waals surface area contributed by atoms with Crippen molar-refractivity contribution < 1.29 is 14.4 Å². The third kappa shape index (κ3) is 3.56. The van der Waals surface area contributed by atoms with E-state index in [2.05, 4.69) is 15.5 Å². The summed E-state index contributed by atoms with van der Waals surface area (Å²) in [6.45, 7) is 7.56. The molecule has 4 unspecified atom stereocenters. The molecule has 2 fully saturated rings. The van der Waals surface area contributed by atoms with Crippen molar-refractivity contribution >= 4 is 81.2 Å². The Kier molecular flexibility index (Phi) is 5.95. The molecule has 0 aliphatic carbocycles. The van der Waals surface area contributed by atoms with Crippen LogP contribution in [0, 0.1) is 18.4 Å². The SMILES string of the molecule is [C-]#[N+]c1ccccc1CC1NC2(C(=O)Nc3c(Cl)cc(Cl)cc32)C2C(=O)N(c3cc(Cl)cc(Cl)c3)C(=O)C12. The van der Waals surface area contributed by atoms with E-state index in [1.165, 1.54) is 24.3 Å². The first-order valence-corrected chi connectivity index (χ1v) is 13.0. The van der Waals surface area contributed by atoms with Gasteiger partial charge in [-0.15, -0.1) is 0 Å². The number of amides is 3. The Balaban J connectivity index is 1.54. The molecule has 3 aliphatic rings. The first-order chi connectivity index (χ1) is 18.1. The molecule has 3 amide bonds. The van der Waals surface area contributed by atoms with Gasteiger partial charge in [0.05, 0.1) is 34.8 Å². The Morgan fingerprint density at radius 1 is 0.921 bits per heavy atom. The lowest BCUT2D eigenvalue weighted by molar-refractivity contribution is -0.130. The fourth-order valence-corrected chi connectivity index (χ4v) is 7.01. The van der Waals surface area contributed by atoms with Gasteiger partial charge in [-0.1, -0.05) is 70.7 Å². The fraction of sp³-hybridized carbons (Fsp3) is 0.185. The number of carbonyl (C=O) groups excluding carboxylic acids is 3. The second-order valence-electron chi connectivity index (χ2n) is 9.41. The van der Waals surface area contributed by atoms with Gasteiger partial charge in [-0.25, -0.2) is 9.74 Å². The number of rotatable bonds is 3. The summed E-state index contributed by atoms with van der Waals surface area (Å²) in [6.07, 6.45) is 0.224. The zero-order chi connectivity index (χ0) is 26.9. The van der Waals surface area contributed by atoms with Gasteiger partial charge in [-0.3, -0.25) is 19.7 Å². The van der Waals surface area contributed by atoms with E-state index in [1.807, 2.05) is 0 Å². The lowest BCUT2D eigenvalue weighted by Crippen LogP contribution is -2.53. The molecule has 3 aromatic carbocycles. The Morgan fingerprint density at radius 3 is 2.32 bits per heavy atom. The van der Waals surface area contributed by atoms with Crippen molar-refractivity contribution in [2.75, 3.05) is 10.2 Å². The Hall–Kier alpha value is -3.12. The number of fused-ring (bicyclic) bond motifs is 4. The summed E-state index contributed by atoms with van der Waals surface area (Å²) in [5.74, 6) is -3.64. The number of anilines is 2. The molecule has 3 heterocycles. The van der Waals surface area contributed by atoms with E-state index in [1.54, 1.807) is 30.3 Å². The maximum Gasteiger partial charge on any atom is 0.250 e. The van der Waals surface area contributed by atoms with Gasteiger partial charge in [0, 0.05) is 26.7 Å². The minimum atomic E-state index is -1.61. The van der Waals surface area contributed by atoms with Crippen LogP contribution >= 0.6 is 46.4 Å². The van der Waals surface area contributed by atoms with E-state index in [4.69, 9.17) is 53.0 Å². The van der Waals surface area contributed by atoms with E-state index in [0.717, 1.165) is 4.90 Å². The second-order valence-corrected chi connectivity index (χ2v) is 11.1. The van der Waals surface area contributed by atoms with Crippen LogP contribution in [0.5, 0.6) is 0 Å². The summed E-state index contributed by atoms with van der Waals surface area (Å²) in [6, 6.07) is 13.9. The number of hydrogen-bond acceptors (Lipinski definition) is 4. The van der Waals surface area contributed by atoms with Crippen LogP contribution in [0.4, 0.5) is 17.1 Å². The average Bonchev–Trinajstić information content (AvgIpc) is 3.44. The van der Waals surface area contributed by atoms with Gasteiger partial charge in [0.25, 0.3) is 0 Å². The van der Waals surface area contributed by atoms with E-state index in [0.29, 0.717) is 22.5 Å². The van der Waals surface area contributed by atoms with Crippen LogP contribution in [0.25, 0.3) is 4.85 Å². The molecule has 1 spiro atoms. The van der Waals surface area contributed by atoms with Gasteiger partial charge in [0.15, 0.2) is 5.69 Å². The maximum atomic E-state index is 14.1. The number of carbonyl (C=O) groups is 3. The number of benzene rings is 3. The quantitative estimate of drug-likeness (QED) is 0.291. The normalized spacial score (nSPS) is 25.5. The highest BCUT2D eigenvalue weighted by molar-refractivity contribution is 6.38. The van der Waals surface area contributed by atoms with Crippen LogP contribution in [-0.2, 0) is 26.3 Å². The second kappa shape index (κ2) is 8.98. The zero-order valence-corrected chi connectivity index (χ0v) is 22.3. The molecule has 0 radical (unpaired) electrons. The van der Waals surface area contributed by atoms with Crippen LogP contribution in [0.1, 0.15) is 11.1 Å². The molecule has 3 aliphatic heterocycles.